The summed E-state index contributed by atoms with van der Waals surface area (Å²) in [4.78, 5) is 0. The second kappa shape index (κ2) is 11.3. The molecule has 0 saturated carbocycles. The van der Waals surface area contributed by atoms with Gasteiger partial charge in [-0.25, -0.2) is 0 Å². The van der Waals surface area contributed by atoms with Gasteiger partial charge in [-0.15, -0.1) is 0 Å². The van der Waals surface area contributed by atoms with Crippen molar-refractivity contribution in [3.8, 4) is 11.8 Å². The van der Waals surface area contributed by atoms with Gasteiger partial charge in [-0.2, -0.15) is 0 Å². The SMILES string of the molecule is CSSC(CCCC(C)C)OCC#CC(C)C. The summed E-state index contributed by atoms with van der Waals surface area (Å²) in [5, 5.41) is 0. The average Bonchev–Trinajstić information content (AvgIpc) is 2.23. The highest BCUT2D eigenvalue weighted by atomic mass is 33.1. The molecule has 0 aromatic rings. The summed E-state index contributed by atoms with van der Waals surface area (Å²) in [5.41, 5.74) is 0.296. The van der Waals surface area contributed by atoms with Gasteiger partial charge in [0.25, 0.3) is 0 Å². The van der Waals surface area contributed by atoms with Crippen LogP contribution in [0, 0.1) is 23.7 Å². The summed E-state index contributed by atoms with van der Waals surface area (Å²) < 4.78 is 5.78. The molecule has 0 fully saturated rings. The maximum atomic E-state index is 5.78. The van der Waals surface area contributed by atoms with Crippen LogP contribution in [0.5, 0.6) is 0 Å². The molecule has 0 rings (SSSR count). The van der Waals surface area contributed by atoms with E-state index in [2.05, 4.69) is 45.8 Å². The van der Waals surface area contributed by atoms with Crippen LogP contribution >= 0.6 is 21.6 Å². The minimum Gasteiger partial charge on any atom is -0.354 e. The summed E-state index contributed by atoms with van der Waals surface area (Å²) >= 11 is 0. The van der Waals surface area contributed by atoms with E-state index in [-0.39, 0.29) is 0 Å². The molecule has 17 heavy (non-hydrogen) atoms. The monoisotopic (exact) mass is 274 g/mol. The molecular formula is C14H26OS2. The van der Waals surface area contributed by atoms with E-state index in [9.17, 15) is 0 Å². The van der Waals surface area contributed by atoms with Crippen molar-refractivity contribution in [2.45, 2.75) is 52.4 Å². The molecule has 0 radical (unpaired) electrons. The second-order valence-corrected chi connectivity index (χ2v) is 7.43. The first-order valence-corrected chi connectivity index (χ1v) is 8.97. The van der Waals surface area contributed by atoms with E-state index in [4.69, 9.17) is 4.74 Å². The van der Waals surface area contributed by atoms with Crippen LogP contribution in [0.25, 0.3) is 0 Å². The zero-order valence-corrected chi connectivity index (χ0v) is 13.4. The average molecular weight is 274 g/mol. The molecule has 1 nitrogen and oxygen atoms in total. The third-order valence-corrected chi connectivity index (χ3v) is 4.16. The van der Waals surface area contributed by atoms with Crippen molar-refractivity contribution in [2.24, 2.45) is 11.8 Å². The van der Waals surface area contributed by atoms with Crippen LogP contribution in [0.4, 0.5) is 0 Å². The molecule has 0 N–H and O–H groups in total. The Morgan fingerprint density at radius 3 is 2.35 bits per heavy atom. The standard InChI is InChI=1S/C14H26OS2/c1-12(2)8-6-10-14(17-16-5)15-11-7-9-13(3)4/h12-14H,6,8,10-11H2,1-5H3. The zero-order chi connectivity index (χ0) is 13.1. The molecular weight excluding hydrogens is 248 g/mol. The fourth-order valence-electron chi connectivity index (χ4n) is 1.34. The van der Waals surface area contributed by atoms with Crippen molar-refractivity contribution >= 4 is 21.6 Å². The van der Waals surface area contributed by atoms with Gasteiger partial charge in [-0.05, 0) is 25.0 Å². The van der Waals surface area contributed by atoms with Crippen molar-refractivity contribution in [3.05, 3.63) is 0 Å². The Morgan fingerprint density at radius 2 is 1.82 bits per heavy atom. The molecule has 0 bridgehead atoms. The molecule has 0 aliphatic carbocycles. The van der Waals surface area contributed by atoms with Crippen LogP contribution in [0.1, 0.15) is 47.0 Å². The highest BCUT2D eigenvalue weighted by Crippen LogP contribution is 2.28. The molecule has 0 aromatic heterocycles. The molecule has 0 aliphatic heterocycles. The van der Waals surface area contributed by atoms with E-state index in [1.807, 2.05) is 10.8 Å². The normalized spacial score (nSPS) is 12.6. The second-order valence-electron chi connectivity index (χ2n) is 4.80. The molecule has 0 aromatic carbocycles. The van der Waals surface area contributed by atoms with Gasteiger partial charge in [0.15, 0.2) is 0 Å². The van der Waals surface area contributed by atoms with E-state index in [0.717, 1.165) is 12.3 Å². The third-order valence-electron chi connectivity index (χ3n) is 2.16. The van der Waals surface area contributed by atoms with Crippen molar-refractivity contribution in [2.75, 3.05) is 12.9 Å². The van der Waals surface area contributed by atoms with Crippen molar-refractivity contribution in [1.29, 1.82) is 0 Å². The lowest BCUT2D eigenvalue weighted by molar-refractivity contribution is 0.135. The number of rotatable bonds is 8. The molecule has 0 amide bonds. The van der Waals surface area contributed by atoms with E-state index in [0.29, 0.717) is 18.0 Å². The fourth-order valence-corrected chi connectivity index (χ4v) is 3.04. The maximum absolute atomic E-state index is 5.78. The first-order valence-electron chi connectivity index (χ1n) is 6.35. The lowest BCUT2D eigenvalue weighted by Crippen LogP contribution is -2.08. The highest BCUT2D eigenvalue weighted by Gasteiger charge is 2.08. The first-order chi connectivity index (χ1) is 8.06. The van der Waals surface area contributed by atoms with E-state index < -0.39 is 0 Å². The Kier molecular flexibility index (Phi) is 11.5. The highest BCUT2D eigenvalue weighted by molar-refractivity contribution is 8.76. The van der Waals surface area contributed by atoms with E-state index >= 15 is 0 Å². The number of ether oxygens (including phenoxy) is 1. The molecule has 0 heterocycles. The summed E-state index contributed by atoms with van der Waals surface area (Å²) in [6.45, 7) is 9.31. The van der Waals surface area contributed by atoms with Gasteiger partial charge < -0.3 is 4.74 Å². The summed E-state index contributed by atoms with van der Waals surface area (Å²) in [7, 11) is 3.59. The van der Waals surface area contributed by atoms with Gasteiger partial charge in [0.1, 0.15) is 12.0 Å². The summed E-state index contributed by atoms with van der Waals surface area (Å²) in [6, 6.07) is 0. The van der Waals surface area contributed by atoms with Gasteiger partial charge in [-0.1, -0.05) is 67.5 Å². The van der Waals surface area contributed by atoms with Gasteiger partial charge in [0.05, 0.1) is 0 Å². The van der Waals surface area contributed by atoms with Crippen molar-refractivity contribution in [1.82, 2.24) is 0 Å². The Hall–Kier alpha value is 0.220. The lowest BCUT2D eigenvalue weighted by atomic mass is 10.1. The Labute approximate surface area is 115 Å². The maximum Gasteiger partial charge on any atom is 0.114 e. The van der Waals surface area contributed by atoms with Gasteiger partial charge in [0, 0.05) is 5.92 Å². The Balaban J connectivity index is 3.78. The van der Waals surface area contributed by atoms with Crippen LogP contribution in [-0.2, 0) is 4.74 Å². The molecule has 100 valence electrons. The predicted molar refractivity (Wildman–Crippen MR) is 82.1 cm³/mol. The van der Waals surface area contributed by atoms with Crippen LogP contribution < -0.4 is 0 Å². The van der Waals surface area contributed by atoms with Crippen molar-refractivity contribution in [3.63, 3.8) is 0 Å². The summed E-state index contributed by atoms with van der Waals surface area (Å²) in [5.74, 6) is 7.43. The molecule has 0 spiro atoms. The number of hydrogen-bond acceptors (Lipinski definition) is 3. The largest absolute Gasteiger partial charge is 0.354 e. The molecule has 3 heteroatoms. The predicted octanol–water partition coefficient (Wildman–Crippen LogP) is 4.83. The minimum absolute atomic E-state index is 0.296. The topological polar surface area (TPSA) is 9.23 Å². The van der Waals surface area contributed by atoms with Crippen molar-refractivity contribution < 1.29 is 4.74 Å². The fraction of sp³-hybridized carbons (Fsp3) is 0.857. The third kappa shape index (κ3) is 12.5. The Morgan fingerprint density at radius 1 is 1.12 bits per heavy atom. The van der Waals surface area contributed by atoms with Gasteiger partial charge in [-0.3, -0.25) is 0 Å². The van der Waals surface area contributed by atoms with Gasteiger partial charge in [0.2, 0.25) is 0 Å². The van der Waals surface area contributed by atoms with E-state index in [1.165, 1.54) is 12.8 Å². The smallest absolute Gasteiger partial charge is 0.114 e. The van der Waals surface area contributed by atoms with Crippen LogP contribution in [0.3, 0.4) is 0 Å². The number of hydrogen-bond donors (Lipinski definition) is 0. The van der Waals surface area contributed by atoms with Crippen LogP contribution in [0.2, 0.25) is 0 Å². The quantitative estimate of drug-likeness (QED) is 0.356. The Bertz CT molecular complexity index is 228. The van der Waals surface area contributed by atoms with Crippen LogP contribution in [0.15, 0.2) is 0 Å². The van der Waals surface area contributed by atoms with Gasteiger partial charge >= 0.3 is 0 Å². The first kappa shape index (κ1) is 17.2. The van der Waals surface area contributed by atoms with E-state index in [1.54, 1.807) is 10.8 Å². The summed E-state index contributed by atoms with van der Waals surface area (Å²) in [6.07, 6.45) is 5.76. The molecule has 0 saturated heterocycles. The molecule has 0 aliphatic rings. The lowest BCUT2D eigenvalue weighted by Gasteiger charge is -2.15. The zero-order valence-electron chi connectivity index (χ0n) is 11.8. The van der Waals surface area contributed by atoms with Crippen LogP contribution in [-0.4, -0.2) is 18.3 Å². The molecule has 1 atom stereocenters. The molecule has 1 unspecified atom stereocenters. The minimum atomic E-state index is 0.296.